The van der Waals surface area contributed by atoms with E-state index in [0.29, 0.717) is 5.92 Å². The Morgan fingerprint density at radius 2 is 1.79 bits per heavy atom. The molecule has 5 heteroatoms. The minimum atomic E-state index is -4.07. The zero-order chi connectivity index (χ0) is 23.8. The van der Waals surface area contributed by atoms with E-state index in [4.69, 9.17) is 0 Å². The molecule has 0 spiro atoms. The summed E-state index contributed by atoms with van der Waals surface area (Å²) >= 11 is 0. The smallest absolute Gasteiger partial charge is 0.313 e. The summed E-state index contributed by atoms with van der Waals surface area (Å²) in [5.41, 5.74) is 1.63. The van der Waals surface area contributed by atoms with Gasteiger partial charge in [-0.2, -0.15) is 8.78 Å². The number of benzene rings is 2. The molecule has 1 fully saturated rings. The molecule has 0 heterocycles. The molecule has 0 bridgehead atoms. The average molecular weight is 461 g/mol. The molecule has 178 valence electrons. The van der Waals surface area contributed by atoms with Gasteiger partial charge in [0.1, 0.15) is 5.82 Å². The normalized spacial score (nSPS) is 20.2. The average Bonchev–Trinajstić information content (AvgIpc) is 2.83. The molecule has 0 aromatic heterocycles. The number of rotatable bonds is 10. The van der Waals surface area contributed by atoms with Crippen molar-refractivity contribution in [3.63, 3.8) is 0 Å². The summed E-state index contributed by atoms with van der Waals surface area (Å²) in [6.07, 6.45) is 4.71. The van der Waals surface area contributed by atoms with Crippen molar-refractivity contribution in [1.82, 2.24) is 0 Å². The van der Waals surface area contributed by atoms with Crippen molar-refractivity contribution in [3.8, 4) is 0 Å². The number of allylic oxidation sites excluding steroid dienone is 3. The molecule has 2 aromatic carbocycles. The van der Waals surface area contributed by atoms with Crippen molar-refractivity contribution in [1.29, 1.82) is 0 Å². The van der Waals surface area contributed by atoms with Gasteiger partial charge in [0.15, 0.2) is 0 Å². The summed E-state index contributed by atoms with van der Waals surface area (Å²) in [4.78, 5) is 0. The molecule has 0 radical (unpaired) electrons. The number of hydrogen-bond acceptors (Lipinski definition) is 1. The van der Waals surface area contributed by atoms with Crippen LogP contribution in [0.25, 0.3) is 0 Å². The lowest BCUT2D eigenvalue weighted by atomic mass is 9.78. The van der Waals surface area contributed by atoms with E-state index in [2.05, 4.69) is 11.3 Å². The quantitative estimate of drug-likeness (QED) is 0.255. The highest BCUT2D eigenvalue weighted by atomic mass is 19.3. The van der Waals surface area contributed by atoms with Crippen LogP contribution in [0, 0.1) is 11.7 Å². The molecule has 1 aliphatic rings. The molecule has 1 aliphatic carbocycles. The van der Waals surface area contributed by atoms with Crippen LogP contribution in [0.15, 0.2) is 67.3 Å². The largest absolute Gasteiger partial charge is 0.391 e. The van der Waals surface area contributed by atoms with Gasteiger partial charge in [-0.05, 0) is 80.0 Å². The van der Waals surface area contributed by atoms with Crippen LogP contribution >= 0.6 is 0 Å². The highest BCUT2D eigenvalue weighted by Gasteiger charge is 2.43. The minimum absolute atomic E-state index is 0.00951. The molecule has 2 aromatic rings. The Kier molecular flexibility index (Phi) is 8.90. The number of halogens is 4. The second kappa shape index (κ2) is 11.6. The Morgan fingerprint density at radius 3 is 2.39 bits per heavy atom. The van der Waals surface area contributed by atoms with Gasteiger partial charge in [0.25, 0.3) is 0 Å². The van der Waals surface area contributed by atoms with Crippen LogP contribution < -0.4 is 0 Å². The summed E-state index contributed by atoms with van der Waals surface area (Å²) in [5, 5.41) is 0. The van der Waals surface area contributed by atoms with Crippen LogP contribution in [0.1, 0.15) is 73.4 Å². The predicted octanol–water partition coefficient (Wildman–Crippen LogP) is 8.61. The minimum Gasteiger partial charge on any atom is -0.313 e. The van der Waals surface area contributed by atoms with Gasteiger partial charge in [0.2, 0.25) is 6.17 Å². The van der Waals surface area contributed by atoms with Gasteiger partial charge in [-0.15, -0.1) is 6.58 Å². The Balaban J connectivity index is 1.58. The standard InChI is InChI=1S/C28H32F4O/c1-3-5-6-7-21-10-14-23(15-11-21)27(30)28(31,32)33-19-25-17-16-24(18-26(25)29)22-12-8-20(4-2)9-13-22/h3-5,10-11,14-18,20,22,27H,2,6-9,12-13,19H2,1H3/b5-3+. The summed E-state index contributed by atoms with van der Waals surface area (Å²) in [7, 11) is 0. The SMILES string of the molecule is C=CC1CCC(c2ccc(COC(F)(F)C(F)c3ccc(CC/C=C/C)cc3)c(F)c2)CC1. The summed E-state index contributed by atoms with van der Waals surface area (Å²) in [6, 6.07) is 10.6. The Bertz CT molecular complexity index is 927. The van der Waals surface area contributed by atoms with Crippen molar-refractivity contribution in [2.24, 2.45) is 5.92 Å². The topological polar surface area (TPSA) is 9.23 Å². The molecule has 0 N–H and O–H groups in total. The fraction of sp³-hybridized carbons (Fsp3) is 0.429. The zero-order valence-electron chi connectivity index (χ0n) is 19.1. The lowest BCUT2D eigenvalue weighted by Crippen LogP contribution is -2.27. The third kappa shape index (κ3) is 6.80. The van der Waals surface area contributed by atoms with E-state index in [1.165, 1.54) is 24.3 Å². The number of alkyl halides is 3. The molecule has 1 unspecified atom stereocenters. The Labute approximate surface area is 194 Å². The lowest BCUT2D eigenvalue weighted by Gasteiger charge is -2.27. The van der Waals surface area contributed by atoms with Crippen LogP contribution in [0.3, 0.4) is 0 Å². The fourth-order valence-electron chi connectivity index (χ4n) is 4.33. The second-order valence-corrected chi connectivity index (χ2v) is 8.76. The third-order valence-corrected chi connectivity index (χ3v) is 6.48. The van der Waals surface area contributed by atoms with E-state index in [-0.39, 0.29) is 17.0 Å². The molecular weight excluding hydrogens is 428 g/mol. The first kappa shape index (κ1) is 25.2. The van der Waals surface area contributed by atoms with Gasteiger partial charge in [-0.25, -0.2) is 8.78 Å². The van der Waals surface area contributed by atoms with Gasteiger partial charge < -0.3 is 4.74 Å². The highest BCUT2D eigenvalue weighted by Crippen LogP contribution is 2.38. The summed E-state index contributed by atoms with van der Waals surface area (Å²) in [6.45, 7) is 5.05. The van der Waals surface area contributed by atoms with Crippen LogP contribution in [0.4, 0.5) is 17.6 Å². The first-order chi connectivity index (χ1) is 15.8. The van der Waals surface area contributed by atoms with E-state index >= 15 is 0 Å². The van der Waals surface area contributed by atoms with Crippen LogP contribution in [-0.2, 0) is 17.8 Å². The molecule has 1 saturated carbocycles. The van der Waals surface area contributed by atoms with Crippen molar-refractivity contribution in [2.75, 3.05) is 0 Å². The van der Waals surface area contributed by atoms with Crippen LogP contribution in [-0.4, -0.2) is 6.11 Å². The molecular formula is C28H32F4O. The van der Waals surface area contributed by atoms with Gasteiger partial charge in [-0.3, -0.25) is 0 Å². The van der Waals surface area contributed by atoms with Crippen LogP contribution in [0.2, 0.25) is 0 Å². The maximum absolute atomic E-state index is 14.6. The monoisotopic (exact) mass is 460 g/mol. The van der Waals surface area contributed by atoms with Crippen molar-refractivity contribution < 1.29 is 22.3 Å². The third-order valence-electron chi connectivity index (χ3n) is 6.48. The van der Waals surface area contributed by atoms with E-state index < -0.39 is 24.7 Å². The Hall–Kier alpha value is -2.40. The molecule has 1 atom stereocenters. The van der Waals surface area contributed by atoms with Gasteiger partial charge in [0, 0.05) is 5.56 Å². The van der Waals surface area contributed by atoms with E-state index in [1.54, 1.807) is 18.2 Å². The number of ether oxygens (including phenoxy) is 1. The Morgan fingerprint density at radius 1 is 1.09 bits per heavy atom. The molecule has 0 amide bonds. The summed E-state index contributed by atoms with van der Waals surface area (Å²) < 4.78 is 62.4. The van der Waals surface area contributed by atoms with E-state index in [9.17, 15) is 17.6 Å². The van der Waals surface area contributed by atoms with Gasteiger partial charge >= 0.3 is 6.11 Å². The van der Waals surface area contributed by atoms with Crippen LogP contribution in [0.5, 0.6) is 0 Å². The first-order valence-corrected chi connectivity index (χ1v) is 11.6. The molecule has 0 aliphatic heterocycles. The number of aryl methyl sites for hydroxylation is 1. The van der Waals surface area contributed by atoms with Crippen molar-refractivity contribution >= 4 is 0 Å². The van der Waals surface area contributed by atoms with E-state index in [0.717, 1.165) is 49.7 Å². The van der Waals surface area contributed by atoms with Crippen molar-refractivity contribution in [3.05, 3.63) is 95.3 Å². The maximum Gasteiger partial charge on any atom is 0.391 e. The first-order valence-electron chi connectivity index (χ1n) is 11.6. The van der Waals surface area contributed by atoms with E-state index in [1.807, 2.05) is 25.2 Å². The molecule has 0 saturated heterocycles. The maximum atomic E-state index is 14.6. The lowest BCUT2D eigenvalue weighted by molar-refractivity contribution is -0.282. The highest BCUT2D eigenvalue weighted by molar-refractivity contribution is 5.28. The van der Waals surface area contributed by atoms with Gasteiger partial charge in [0.05, 0.1) is 6.61 Å². The molecule has 1 nitrogen and oxygen atoms in total. The second-order valence-electron chi connectivity index (χ2n) is 8.76. The van der Waals surface area contributed by atoms with Gasteiger partial charge in [-0.1, -0.05) is 54.6 Å². The van der Waals surface area contributed by atoms with Crippen molar-refractivity contribution in [2.45, 2.75) is 70.3 Å². The zero-order valence-corrected chi connectivity index (χ0v) is 19.1. The molecule has 33 heavy (non-hydrogen) atoms. The summed E-state index contributed by atoms with van der Waals surface area (Å²) in [5.74, 6) is 0.155. The number of hydrogen-bond donors (Lipinski definition) is 0. The molecule has 3 rings (SSSR count). The predicted molar refractivity (Wildman–Crippen MR) is 124 cm³/mol. The fourth-order valence-corrected chi connectivity index (χ4v) is 4.33.